The van der Waals surface area contributed by atoms with Crippen molar-refractivity contribution in [3.05, 3.63) is 101 Å². The first-order valence-electron chi connectivity index (χ1n) is 9.10. The van der Waals surface area contributed by atoms with Gasteiger partial charge in [-0.2, -0.15) is 0 Å². The Morgan fingerprint density at radius 1 is 0.929 bits per heavy atom. The molecule has 5 heteroatoms. The number of nitrogens with one attached hydrogen (secondary N) is 2. The summed E-state index contributed by atoms with van der Waals surface area (Å²) < 4.78 is 5.32. The van der Waals surface area contributed by atoms with Gasteiger partial charge in [0.15, 0.2) is 0 Å². The molecule has 3 aromatic rings. The normalized spacial score (nSPS) is 11.6. The number of amides is 1. The molecule has 0 bridgehead atoms. The van der Waals surface area contributed by atoms with Crippen LogP contribution in [0.15, 0.2) is 78.9 Å². The van der Waals surface area contributed by atoms with Crippen molar-refractivity contribution in [1.29, 1.82) is 0 Å². The smallest absolute Gasteiger partial charge is 0.234 e. The molecule has 2 N–H and O–H groups in total. The third-order valence-corrected chi connectivity index (χ3v) is 4.72. The van der Waals surface area contributed by atoms with Crippen LogP contribution in [0.25, 0.3) is 0 Å². The predicted octanol–water partition coefficient (Wildman–Crippen LogP) is 4.34. The molecule has 0 aliphatic carbocycles. The minimum atomic E-state index is -0.101. The molecule has 0 aliphatic rings. The minimum absolute atomic E-state index is 0.0826. The van der Waals surface area contributed by atoms with E-state index in [4.69, 9.17) is 16.3 Å². The summed E-state index contributed by atoms with van der Waals surface area (Å²) in [6, 6.07) is 25.2. The summed E-state index contributed by atoms with van der Waals surface area (Å²) in [6.45, 7) is 0.610. The fourth-order valence-electron chi connectivity index (χ4n) is 3.03. The number of halogens is 1. The molecule has 28 heavy (non-hydrogen) atoms. The highest BCUT2D eigenvalue weighted by Crippen LogP contribution is 2.23. The number of methoxy groups -OCH3 is 1. The second kappa shape index (κ2) is 9.93. The first-order valence-corrected chi connectivity index (χ1v) is 9.47. The Balaban J connectivity index is 1.64. The van der Waals surface area contributed by atoms with Gasteiger partial charge in [0.1, 0.15) is 5.75 Å². The fourth-order valence-corrected chi connectivity index (χ4v) is 3.15. The number of para-hydroxylation sites is 1. The maximum atomic E-state index is 12.4. The number of rotatable bonds is 8. The molecular formula is C23H23ClN2O2. The van der Waals surface area contributed by atoms with Gasteiger partial charge in [-0.05, 0) is 29.3 Å². The highest BCUT2D eigenvalue weighted by Gasteiger charge is 2.15. The second-order valence-electron chi connectivity index (χ2n) is 6.36. The van der Waals surface area contributed by atoms with Crippen LogP contribution in [0.2, 0.25) is 5.02 Å². The molecule has 3 rings (SSSR count). The number of hydrogen-bond donors (Lipinski definition) is 2. The minimum Gasteiger partial charge on any atom is -0.496 e. The van der Waals surface area contributed by atoms with Crippen LogP contribution in [0.4, 0.5) is 0 Å². The molecule has 0 unspecified atom stereocenters. The van der Waals surface area contributed by atoms with Gasteiger partial charge < -0.3 is 10.1 Å². The van der Waals surface area contributed by atoms with E-state index in [1.54, 1.807) is 7.11 Å². The van der Waals surface area contributed by atoms with E-state index in [1.165, 1.54) is 0 Å². The molecule has 0 radical (unpaired) electrons. The lowest BCUT2D eigenvalue weighted by molar-refractivity contribution is -0.120. The van der Waals surface area contributed by atoms with Gasteiger partial charge in [-0.15, -0.1) is 0 Å². The van der Waals surface area contributed by atoms with E-state index in [0.717, 1.165) is 22.4 Å². The zero-order valence-electron chi connectivity index (χ0n) is 15.7. The molecule has 0 saturated heterocycles. The summed E-state index contributed by atoms with van der Waals surface area (Å²) in [7, 11) is 1.62. The number of ether oxygens (including phenoxy) is 1. The third-order valence-electron chi connectivity index (χ3n) is 4.47. The first kappa shape index (κ1) is 19.9. The van der Waals surface area contributed by atoms with Crippen LogP contribution in [0, 0.1) is 0 Å². The van der Waals surface area contributed by atoms with Gasteiger partial charge in [-0.3, -0.25) is 10.1 Å². The second-order valence-corrected chi connectivity index (χ2v) is 6.80. The maximum Gasteiger partial charge on any atom is 0.234 e. The van der Waals surface area contributed by atoms with Gasteiger partial charge in [0.25, 0.3) is 0 Å². The summed E-state index contributed by atoms with van der Waals surface area (Å²) in [4.78, 5) is 12.4. The number of hydrogen-bond acceptors (Lipinski definition) is 3. The largest absolute Gasteiger partial charge is 0.496 e. The van der Waals surface area contributed by atoms with Crippen LogP contribution in [0.1, 0.15) is 22.7 Å². The van der Waals surface area contributed by atoms with Crippen molar-refractivity contribution in [2.45, 2.75) is 12.6 Å². The van der Waals surface area contributed by atoms with Crippen LogP contribution >= 0.6 is 11.6 Å². The summed E-state index contributed by atoms with van der Waals surface area (Å²) >= 11 is 6.02. The average Bonchev–Trinajstić information content (AvgIpc) is 2.74. The highest BCUT2D eigenvalue weighted by molar-refractivity contribution is 6.30. The van der Waals surface area contributed by atoms with E-state index >= 15 is 0 Å². The lowest BCUT2D eigenvalue weighted by Gasteiger charge is -2.20. The number of carbonyl (C=O) groups is 1. The Labute approximate surface area is 170 Å². The Morgan fingerprint density at radius 2 is 1.57 bits per heavy atom. The van der Waals surface area contributed by atoms with Crippen molar-refractivity contribution in [2.24, 2.45) is 0 Å². The fraction of sp³-hybridized carbons (Fsp3) is 0.174. The Hall–Kier alpha value is -2.82. The zero-order chi connectivity index (χ0) is 19.8. The van der Waals surface area contributed by atoms with E-state index < -0.39 is 0 Å². The van der Waals surface area contributed by atoms with Gasteiger partial charge >= 0.3 is 0 Å². The molecule has 1 amide bonds. The quantitative estimate of drug-likeness (QED) is 0.597. The van der Waals surface area contributed by atoms with Crippen molar-refractivity contribution in [3.8, 4) is 5.75 Å². The summed E-state index contributed by atoms with van der Waals surface area (Å²) in [5.74, 6) is 0.680. The molecule has 0 saturated carbocycles. The molecule has 0 fully saturated rings. The van der Waals surface area contributed by atoms with Gasteiger partial charge in [0, 0.05) is 17.1 Å². The first-order chi connectivity index (χ1) is 13.7. The summed E-state index contributed by atoms with van der Waals surface area (Å²) in [5, 5.41) is 6.97. The molecular weight excluding hydrogens is 372 g/mol. The van der Waals surface area contributed by atoms with Crippen LogP contribution in [-0.2, 0) is 11.3 Å². The van der Waals surface area contributed by atoms with Crippen LogP contribution in [-0.4, -0.2) is 19.6 Å². The van der Waals surface area contributed by atoms with Gasteiger partial charge in [-0.25, -0.2) is 0 Å². The highest BCUT2D eigenvalue weighted by atomic mass is 35.5. The molecule has 144 valence electrons. The summed E-state index contributed by atoms with van der Waals surface area (Å²) in [5.41, 5.74) is 3.08. The SMILES string of the molecule is COc1ccccc1CNC(=O)CN[C@@H](c1ccccc1)c1ccc(Cl)cc1. The van der Waals surface area contributed by atoms with E-state index in [-0.39, 0.29) is 18.5 Å². The molecule has 1 atom stereocenters. The molecule has 0 aliphatic heterocycles. The summed E-state index contributed by atoms with van der Waals surface area (Å²) in [6.07, 6.45) is 0. The lowest BCUT2D eigenvalue weighted by atomic mass is 9.99. The Morgan fingerprint density at radius 3 is 2.29 bits per heavy atom. The van der Waals surface area contributed by atoms with Crippen molar-refractivity contribution < 1.29 is 9.53 Å². The molecule has 0 spiro atoms. The van der Waals surface area contributed by atoms with E-state index in [1.807, 2.05) is 78.9 Å². The van der Waals surface area contributed by atoms with Gasteiger partial charge in [0.05, 0.1) is 19.7 Å². The van der Waals surface area contributed by atoms with E-state index in [9.17, 15) is 4.79 Å². The maximum absolute atomic E-state index is 12.4. The van der Waals surface area contributed by atoms with Crippen molar-refractivity contribution in [1.82, 2.24) is 10.6 Å². The van der Waals surface area contributed by atoms with E-state index in [0.29, 0.717) is 11.6 Å². The molecule has 0 heterocycles. The van der Waals surface area contributed by atoms with Crippen LogP contribution in [0.3, 0.4) is 0 Å². The standard InChI is InChI=1S/C23H23ClN2O2/c1-28-21-10-6-5-9-19(21)15-25-22(27)16-26-23(17-7-3-2-4-8-17)18-11-13-20(24)14-12-18/h2-14,23,26H,15-16H2,1H3,(H,25,27)/t23-/m0/s1. The van der Waals surface area contributed by atoms with Gasteiger partial charge in [0.2, 0.25) is 5.91 Å². The zero-order valence-corrected chi connectivity index (χ0v) is 16.4. The predicted molar refractivity (Wildman–Crippen MR) is 113 cm³/mol. The van der Waals surface area contributed by atoms with E-state index in [2.05, 4.69) is 10.6 Å². The average molecular weight is 395 g/mol. The molecule has 4 nitrogen and oxygen atoms in total. The number of carbonyl (C=O) groups excluding carboxylic acids is 1. The molecule has 3 aromatic carbocycles. The number of benzene rings is 3. The van der Waals surface area contributed by atoms with Crippen molar-refractivity contribution in [3.63, 3.8) is 0 Å². The topological polar surface area (TPSA) is 50.4 Å². The van der Waals surface area contributed by atoms with Crippen molar-refractivity contribution >= 4 is 17.5 Å². The van der Waals surface area contributed by atoms with Crippen molar-refractivity contribution in [2.75, 3.05) is 13.7 Å². The third kappa shape index (κ3) is 5.35. The van der Waals surface area contributed by atoms with Gasteiger partial charge in [-0.1, -0.05) is 72.3 Å². The lowest BCUT2D eigenvalue weighted by Crippen LogP contribution is -2.35. The Kier molecular flexibility index (Phi) is 7.06. The van der Waals surface area contributed by atoms with Crippen LogP contribution < -0.4 is 15.4 Å². The van der Waals surface area contributed by atoms with Crippen LogP contribution in [0.5, 0.6) is 5.75 Å². The molecule has 0 aromatic heterocycles. The Bertz CT molecular complexity index is 898. The monoisotopic (exact) mass is 394 g/mol.